The number of nitrogens with one attached hydrogen (secondary N) is 2. The number of anilines is 2. The number of imidazole rings is 2. The molecule has 2 fully saturated rings. The van der Waals surface area contributed by atoms with Crippen LogP contribution in [0.2, 0.25) is 0 Å². The van der Waals surface area contributed by atoms with Gasteiger partial charge >= 0.3 is 12.4 Å². The SMILES string of the molecule is Cc1cc(-c2cnc3c(NCCC(F)(F)F)cc(Oc4ccc(O)cc4)cn23)ccc1C(=O)CC1CC1.Cc1cc(-c2cnc3c(NCCC(F)(F)F)cc(Oc4ccc(OCc5ccccc5)cc4)cn23)ccc1C(=O)CC1CC1. The Morgan fingerprint density at radius 2 is 1.00 bits per heavy atom. The number of halogens is 6. The van der Waals surface area contributed by atoms with E-state index in [1.54, 1.807) is 82.1 Å². The Morgan fingerprint density at radius 3 is 1.42 bits per heavy atom. The Labute approximate surface area is 463 Å². The van der Waals surface area contributed by atoms with E-state index in [-0.39, 0.29) is 30.4 Å². The molecule has 2 aliphatic carbocycles. The number of nitrogens with zero attached hydrogens (tertiary/aromatic N) is 4. The van der Waals surface area contributed by atoms with Crippen molar-refractivity contribution >= 4 is 34.2 Å². The van der Waals surface area contributed by atoms with Crippen molar-refractivity contribution < 1.29 is 55.2 Å². The first-order chi connectivity index (χ1) is 38.9. The molecule has 0 atom stereocenters. The van der Waals surface area contributed by atoms with Crippen molar-refractivity contribution in [2.24, 2.45) is 11.8 Å². The lowest BCUT2D eigenvalue weighted by Crippen LogP contribution is -2.15. The summed E-state index contributed by atoms with van der Waals surface area (Å²) in [5.41, 5.74) is 8.98. The molecule has 0 radical (unpaired) electrons. The summed E-state index contributed by atoms with van der Waals surface area (Å²) >= 11 is 0. The van der Waals surface area contributed by atoms with Gasteiger partial charge in [-0.1, -0.05) is 54.6 Å². The van der Waals surface area contributed by atoms with E-state index in [0.717, 1.165) is 59.2 Å². The van der Waals surface area contributed by atoms with Crippen molar-refractivity contribution in [1.82, 2.24) is 18.8 Å². The number of carbonyl (C=O) groups is 2. The fourth-order valence-corrected chi connectivity index (χ4v) is 9.39. The van der Waals surface area contributed by atoms with Gasteiger partial charge in [-0.3, -0.25) is 18.4 Å². The van der Waals surface area contributed by atoms with Crippen molar-refractivity contribution in [3.05, 3.63) is 180 Å². The second-order valence-corrected chi connectivity index (χ2v) is 20.6. The molecule has 0 saturated heterocycles. The van der Waals surface area contributed by atoms with Crippen LogP contribution in [0.4, 0.5) is 37.7 Å². The maximum Gasteiger partial charge on any atom is 0.390 e. The number of ketones is 2. The molecule has 0 spiro atoms. The number of aromatic nitrogens is 4. The van der Waals surface area contributed by atoms with Crippen LogP contribution in [0.5, 0.6) is 34.5 Å². The Bertz CT molecular complexity index is 3680. The van der Waals surface area contributed by atoms with E-state index in [4.69, 9.17) is 14.2 Å². The monoisotopic (exact) mass is 1110 g/mol. The van der Waals surface area contributed by atoms with E-state index in [2.05, 4.69) is 20.6 Å². The van der Waals surface area contributed by atoms with Crippen LogP contribution in [0, 0.1) is 25.7 Å². The van der Waals surface area contributed by atoms with Gasteiger partial charge in [-0.15, -0.1) is 0 Å². The lowest BCUT2D eigenvalue weighted by atomic mass is 9.98. The predicted octanol–water partition coefficient (Wildman–Crippen LogP) is 16.2. The van der Waals surface area contributed by atoms with Gasteiger partial charge in [0.15, 0.2) is 22.9 Å². The lowest BCUT2D eigenvalue weighted by molar-refractivity contribution is -0.132. The largest absolute Gasteiger partial charge is 0.508 e. The summed E-state index contributed by atoms with van der Waals surface area (Å²) in [5.74, 6) is 3.84. The third-order valence-electron chi connectivity index (χ3n) is 14.0. The third-order valence-corrected chi connectivity index (χ3v) is 14.0. The minimum Gasteiger partial charge on any atom is -0.508 e. The highest BCUT2D eigenvalue weighted by Gasteiger charge is 2.29. The topological polar surface area (TPSA) is 141 Å². The number of aryl methyl sites for hydroxylation is 2. The number of ether oxygens (including phenoxy) is 3. The number of carbonyl (C=O) groups excluding carboxylic acids is 2. The molecule has 11 rings (SSSR count). The minimum absolute atomic E-state index is 0.0867. The summed E-state index contributed by atoms with van der Waals surface area (Å²) in [6.45, 7) is 3.62. The summed E-state index contributed by atoms with van der Waals surface area (Å²) in [4.78, 5) is 34.4. The molecule has 0 bridgehead atoms. The molecular weight excluding hydrogens is 1050 g/mol. The van der Waals surface area contributed by atoms with E-state index >= 15 is 0 Å². The molecule has 0 unspecified atom stereocenters. The highest BCUT2D eigenvalue weighted by molar-refractivity contribution is 5.99. The summed E-state index contributed by atoms with van der Waals surface area (Å²) in [7, 11) is 0. The summed E-state index contributed by atoms with van der Waals surface area (Å²) in [6, 6.07) is 37.7. The highest BCUT2D eigenvalue weighted by Crippen LogP contribution is 2.38. The van der Waals surface area contributed by atoms with Crippen LogP contribution in [0.3, 0.4) is 0 Å². The summed E-state index contributed by atoms with van der Waals surface area (Å²) in [6.07, 6.45) is 1.81. The molecule has 18 heteroatoms. The average molecular weight is 1110 g/mol. The van der Waals surface area contributed by atoms with Crippen molar-refractivity contribution in [3.63, 3.8) is 0 Å². The van der Waals surface area contributed by atoms with Crippen LogP contribution in [-0.2, 0) is 6.61 Å². The molecule has 9 aromatic rings. The Kier molecular flexibility index (Phi) is 16.4. The smallest absolute Gasteiger partial charge is 0.390 e. The Morgan fingerprint density at radius 1 is 0.568 bits per heavy atom. The van der Waals surface area contributed by atoms with Gasteiger partial charge in [0.25, 0.3) is 0 Å². The number of aromatic hydroxyl groups is 1. The maximum atomic E-state index is 12.9. The summed E-state index contributed by atoms with van der Waals surface area (Å²) in [5, 5.41) is 15.3. The first-order valence-corrected chi connectivity index (χ1v) is 26.7. The number of phenols is 1. The van der Waals surface area contributed by atoms with Gasteiger partial charge < -0.3 is 30.0 Å². The van der Waals surface area contributed by atoms with E-state index in [9.17, 15) is 41.0 Å². The van der Waals surface area contributed by atoms with Crippen molar-refractivity contribution in [2.75, 3.05) is 23.7 Å². The third kappa shape index (κ3) is 14.7. The number of benzene rings is 5. The number of phenolic OH excluding ortho intramolecular Hbond substituents is 1. The molecule has 3 N–H and O–H groups in total. The van der Waals surface area contributed by atoms with Crippen LogP contribution in [0.25, 0.3) is 33.8 Å². The minimum atomic E-state index is -4.29. The van der Waals surface area contributed by atoms with E-state index in [0.29, 0.717) is 99.5 Å². The quantitative estimate of drug-likeness (QED) is 0.0470. The van der Waals surface area contributed by atoms with Gasteiger partial charge in [0.2, 0.25) is 0 Å². The van der Waals surface area contributed by atoms with Gasteiger partial charge in [-0.25, -0.2) is 9.97 Å². The highest BCUT2D eigenvalue weighted by atomic mass is 19.4. The normalized spacial score (nSPS) is 13.4. The number of alkyl halides is 6. The van der Waals surface area contributed by atoms with Gasteiger partial charge in [0, 0.05) is 60.3 Å². The maximum absolute atomic E-state index is 12.9. The zero-order valence-electron chi connectivity index (χ0n) is 44.4. The zero-order chi connectivity index (χ0) is 56.8. The van der Waals surface area contributed by atoms with Crippen molar-refractivity contribution in [3.8, 4) is 57.0 Å². The van der Waals surface area contributed by atoms with Crippen molar-refractivity contribution in [1.29, 1.82) is 0 Å². The molecule has 2 saturated carbocycles. The number of Topliss-reactive ketones (excluding diaryl/α,β-unsaturated/α-hetero) is 2. The Balaban J connectivity index is 0.000000185. The molecule has 5 aromatic carbocycles. The van der Waals surface area contributed by atoms with Crippen molar-refractivity contribution in [2.45, 2.75) is 84.2 Å². The van der Waals surface area contributed by atoms with E-state index in [1.165, 1.54) is 12.1 Å². The van der Waals surface area contributed by atoms with E-state index < -0.39 is 25.2 Å². The van der Waals surface area contributed by atoms with Gasteiger partial charge in [-0.05, 0) is 129 Å². The molecule has 418 valence electrons. The fraction of sp³-hybridized carbons (Fsp3) is 0.270. The second kappa shape index (κ2) is 23.9. The van der Waals surface area contributed by atoms with Crippen LogP contribution in [0.1, 0.15) is 88.8 Å². The molecule has 81 heavy (non-hydrogen) atoms. The Hall–Kier alpha value is -8.80. The van der Waals surface area contributed by atoms with Crippen LogP contribution >= 0.6 is 0 Å². The average Bonchev–Trinajstić information content (AvgIpc) is 4.44. The number of hydrogen-bond donors (Lipinski definition) is 3. The van der Waals surface area contributed by atoms with Gasteiger partial charge in [0.05, 0.1) is 60.4 Å². The first kappa shape index (κ1) is 55.5. The zero-order valence-corrected chi connectivity index (χ0v) is 44.4. The lowest BCUT2D eigenvalue weighted by Gasteiger charge is -2.14. The van der Waals surface area contributed by atoms with Crippen LogP contribution in [-0.4, -0.2) is 60.9 Å². The van der Waals surface area contributed by atoms with Crippen LogP contribution < -0.4 is 24.8 Å². The molecule has 12 nitrogen and oxygen atoms in total. The summed E-state index contributed by atoms with van der Waals surface area (Å²) < 4.78 is 98.6. The molecule has 0 amide bonds. The molecular formula is C63H58F6N6O6. The number of fused-ring (bicyclic) bond motifs is 2. The second-order valence-electron chi connectivity index (χ2n) is 20.6. The van der Waals surface area contributed by atoms with E-state index in [1.807, 2.05) is 80.6 Å². The standard InChI is InChI=1S/C35H32F3N3O3.C28H26F3N3O3/c1-23-17-26(9-14-30(23)33(42)18-24-7-8-24)32-20-40-34-31(39-16-15-35(36,37)38)19-29(21-41(32)34)44-28-12-10-27(11-13-28)43-22-25-5-3-2-4-6-25;1-17-12-19(4-9-23(17)26(36)13-18-2-3-18)25-15-33-27-24(32-11-10-28(29,30)31)14-22(16-34(25)27)37-21-7-5-20(35)6-8-21/h2-6,9-14,17,19-21,24,39H,7-8,15-16,18,22H2,1H3;4-9,12,14-16,18,32,35H,2-3,10-11,13H2,1H3. The number of rotatable bonds is 21. The fourth-order valence-electron chi connectivity index (χ4n) is 9.39. The van der Waals surface area contributed by atoms with Gasteiger partial charge in [-0.2, -0.15) is 26.3 Å². The predicted molar refractivity (Wildman–Crippen MR) is 298 cm³/mol. The van der Waals surface area contributed by atoms with Gasteiger partial charge in [0.1, 0.15) is 41.1 Å². The number of hydrogen-bond acceptors (Lipinski definition) is 10. The molecule has 4 aromatic heterocycles. The molecule has 0 aliphatic heterocycles. The molecule has 4 heterocycles. The first-order valence-electron chi connectivity index (χ1n) is 26.7. The molecule has 2 aliphatic rings. The van der Waals surface area contributed by atoms with Crippen LogP contribution in [0.15, 0.2) is 152 Å². The number of pyridine rings is 2.